The fourth-order valence-electron chi connectivity index (χ4n) is 1.59. The van der Waals surface area contributed by atoms with Crippen LogP contribution in [0.15, 0.2) is 29.0 Å². The Morgan fingerprint density at radius 1 is 1.50 bits per heavy atom. The van der Waals surface area contributed by atoms with E-state index in [1.807, 2.05) is 0 Å². The molecule has 0 radical (unpaired) electrons. The molecule has 0 atom stereocenters. The van der Waals surface area contributed by atoms with Crippen LogP contribution in [0.1, 0.15) is 16.2 Å². The normalized spacial score (nSPS) is 10.2. The van der Waals surface area contributed by atoms with Gasteiger partial charge in [-0.15, -0.1) is 0 Å². The van der Waals surface area contributed by atoms with Gasteiger partial charge in [0.15, 0.2) is 6.33 Å². The highest BCUT2D eigenvalue weighted by Crippen LogP contribution is 2.23. The molecule has 0 fully saturated rings. The van der Waals surface area contributed by atoms with Crippen LogP contribution in [-0.2, 0) is 6.42 Å². The van der Waals surface area contributed by atoms with E-state index in [9.17, 15) is 14.9 Å². The predicted molar refractivity (Wildman–Crippen MR) is 66.5 cm³/mol. The second-order valence-electron chi connectivity index (χ2n) is 3.81. The molecule has 1 heterocycles. The smallest absolute Gasteiger partial charge is 0.342 e. The highest BCUT2D eigenvalue weighted by Gasteiger charge is 2.19. The molecule has 0 saturated heterocycles. The van der Waals surface area contributed by atoms with Crippen molar-refractivity contribution in [1.29, 1.82) is 0 Å². The van der Waals surface area contributed by atoms with Gasteiger partial charge in [0.05, 0.1) is 4.92 Å². The van der Waals surface area contributed by atoms with E-state index in [0.29, 0.717) is 24.5 Å². The molecule has 0 unspecified atom stereocenters. The maximum atomic E-state index is 10.9. The topological polar surface area (TPSA) is 131 Å². The lowest BCUT2D eigenvalue weighted by Gasteiger charge is -2.05. The molecule has 2 rings (SSSR count). The molecule has 9 nitrogen and oxygen atoms in total. The number of hydrogen-bond donors (Lipinski definition) is 2. The molecule has 0 saturated carbocycles. The molecular formula is C11H10N4O5. The highest BCUT2D eigenvalue weighted by molar-refractivity contribution is 5.93. The first-order valence-electron chi connectivity index (χ1n) is 5.59. The van der Waals surface area contributed by atoms with Crippen molar-refractivity contribution >= 4 is 17.3 Å². The Morgan fingerprint density at radius 3 is 2.90 bits per heavy atom. The quantitative estimate of drug-likeness (QED) is 0.597. The van der Waals surface area contributed by atoms with E-state index in [0.717, 1.165) is 0 Å². The molecule has 0 aliphatic rings. The number of carbonyl (C=O) groups is 1. The highest BCUT2D eigenvalue weighted by atomic mass is 16.6. The molecule has 0 spiro atoms. The van der Waals surface area contributed by atoms with E-state index in [-0.39, 0.29) is 5.56 Å². The van der Waals surface area contributed by atoms with Crippen molar-refractivity contribution < 1.29 is 19.3 Å². The van der Waals surface area contributed by atoms with E-state index in [2.05, 4.69) is 15.5 Å². The summed E-state index contributed by atoms with van der Waals surface area (Å²) in [5, 5.41) is 26.0. The number of aromatic carboxylic acids is 1. The Bertz CT molecular complexity index is 626. The summed E-state index contributed by atoms with van der Waals surface area (Å²) in [4.78, 5) is 24.8. The molecule has 0 aliphatic heterocycles. The first-order chi connectivity index (χ1) is 9.58. The number of carboxylic acid groups (broad SMARTS) is 1. The first kappa shape index (κ1) is 13.5. The second kappa shape index (κ2) is 5.78. The van der Waals surface area contributed by atoms with E-state index < -0.39 is 16.6 Å². The number of aromatic nitrogens is 2. The molecule has 0 amide bonds. The van der Waals surface area contributed by atoms with Gasteiger partial charge >= 0.3 is 5.97 Å². The van der Waals surface area contributed by atoms with Crippen molar-refractivity contribution in [2.75, 3.05) is 11.9 Å². The Hall–Kier alpha value is -2.97. The van der Waals surface area contributed by atoms with Gasteiger partial charge in [0.2, 0.25) is 5.89 Å². The number of benzene rings is 1. The van der Waals surface area contributed by atoms with Crippen LogP contribution in [0, 0.1) is 10.1 Å². The Morgan fingerprint density at radius 2 is 2.30 bits per heavy atom. The number of rotatable bonds is 6. The zero-order valence-corrected chi connectivity index (χ0v) is 10.1. The van der Waals surface area contributed by atoms with Crippen molar-refractivity contribution in [2.24, 2.45) is 0 Å². The molecule has 20 heavy (non-hydrogen) atoms. The number of anilines is 1. The lowest BCUT2D eigenvalue weighted by molar-refractivity contribution is -0.385. The van der Waals surface area contributed by atoms with E-state index in [4.69, 9.17) is 9.63 Å². The summed E-state index contributed by atoms with van der Waals surface area (Å²) in [5.74, 6) is -0.900. The summed E-state index contributed by atoms with van der Waals surface area (Å²) >= 11 is 0. The van der Waals surface area contributed by atoms with Gasteiger partial charge in [-0.3, -0.25) is 10.1 Å². The van der Waals surface area contributed by atoms with Crippen molar-refractivity contribution in [2.45, 2.75) is 6.42 Å². The average Bonchev–Trinajstić information content (AvgIpc) is 2.91. The minimum absolute atomic E-state index is 0.350. The minimum Gasteiger partial charge on any atom is -0.477 e. The van der Waals surface area contributed by atoms with Gasteiger partial charge in [0, 0.05) is 24.7 Å². The second-order valence-corrected chi connectivity index (χ2v) is 3.81. The standard InChI is InChI=1S/C11H10N4O5/c16-11(17)8-2-1-7(5-9(8)15(18)19)12-4-3-10-13-6-14-20-10/h1-2,5-6,12H,3-4H2,(H,16,17). The van der Waals surface area contributed by atoms with Gasteiger partial charge in [0.1, 0.15) is 5.56 Å². The van der Waals surface area contributed by atoms with Crippen molar-refractivity contribution in [3.05, 3.63) is 46.1 Å². The molecule has 104 valence electrons. The van der Waals surface area contributed by atoms with Crippen LogP contribution in [0.5, 0.6) is 0 Å². The summed E-state index contributed by atoms with van der Waals surface area (Å²) in [6.07, 6.45) is 1.73. The molecule has 0 aliphatic carbocycles. The van der Waals surface area contributed by atoms with Gasteiger partial charge in [-0.2, -0.15) is 4.98 Å². The minimum atomic E-state index is -1.34. The maximum absolute atomic E-state index is 10.9. The van der Waals surface area contributed by atoms with Gasteiger partial charge < -0.3 is 14.9 Å². The number of nitrogens with zero attached hydrogens (tertiary/aromatic N) is 3. The molecule has 2 aromatic rings. The van der Waals surface area contributed by atoms with Crippen molar-refractivity contribution in [1.82, 2.24) is 10.1 Å². The third-order valence-electron chi connectivity index (χ3n) is 2.50. The Balaban J connectivity index is 2.07. The molecule has 1 aromatic carbocycles. The monoisotopic (exact) mass is 278 g/mol. The largest absolute Gasteiger partial charge is 0.477 e. The summed E-state index contributed by atoms with van der Waals surface area (Å²) in [6, 6.07) is 3.83. The third-order valence-corrected chi connectivity index (χ3v) is 2.50. The zero-order chi connectivity index (χ0) is 14.5. The maximum Gasteiger partial charge on any atom is 0.342 e. The van der Waals surface area contributed by atoms with E-state index >= 15 is 0 Å². The van der Waals surface area contributed by atoms with Gasteiger partial charge in [0.25, 0.3) is 5.69 Å². The number of nitrogens with one attached hydrogen (secondary N) is 1. The van der Waals surface area contributed by atoms with Crippen LogP contribution in [0.3, 0.4) is 0 Å². The fraction of sp³-hybridized carbons (Fsp3) is 0.182. The molecular weight excluding hydrogens is 268 g/mol. The van der Waals surface area contributed by atoms with Crippen LogP contribution >= 0.6 is 0 Å². The number of carboxylic acids is 1. The van der Waals surface area contributed by atoms with Crippen LogP contribution in [-0.4, -0.2) is 32.7 Å². The molecule has 0 bridgehead atoms. The van der Waals surface area contributed by atoms with Crippen molar-refractivity contribution in [3.63, 3.8) is 0 Å². The van der Waals surface area contributed by atoms with Crippen LogP contribution in [0.25, 0.3) is 0 Å². The number of hydrogen-bond acceptors (Lipinski definition) is 7. The summed E-state index contributed by atoms with van der Waals surface area (Å²) in [7, 11) is 0. The summed E-state index contributed by atoms with van der Waals surface area (Å²) < 4.78 is 4.80. The van der Waals surface area contributed by atoms with Gasteiger partial charge in [-0.1, -0.05) is 5.16 Å². The van der Waals surface area contributed by atoms with Crippen LogP contribution < -0.4 is 5.32 Å². The van der Waals surface area contributed by atoms with Crippen LogP contribution in [0.4, 0.5) is 11.4 Å². The lowest BCUT2D eigenvalue weighted by atomic mass is 10.1. The third kappa shape index (κ3) is 3.07. The fourth-order valence-corrected chi connectivity index (χ4v) is 1.59. The Kier molecular flexibility index (Phi) is 3.89. The van der Waals surface area contributed by atoms with E-state index in [1.54, 1.807) is 0 Å². The molecule has 1 aromatic heterocycles. The number of nitro benzene ring substituents is 1. The van der Waals surface area contributed by atoms with E-state index in [1.165, 1.54) is 24.5 Å². The van der Waals surface area contributed by atoms with Gasteiger partial charge in [-0.05, 0) is 12.1 Å². The zero-order valence-electron chi connectivity index (χ0n) is 10.1. The predicted octanol–water partition coefficient (Wildman–Crippen LogP) is 1.33. The SMILES string of the molecule is O=C(O)c1ccc(NCCc2ncno2)cc1[N+](=O)[O-]. The lowest BCUT2D eigenvalue weighted by Crippen LogP contribution is -2.07. The number of nitro groups is 1. The van der Waals surface area contributed by atoms with Gasteiger partial charge in [-0.25, -0.2) is 4.79 Å². The van der Waals surface area contributed by atoms with Crippen LogP contribution in [0.2, 0.25) is 0 Å². The van der Waals surface area contributed by atoms with Crippen molar-refractivity contribution in [3.8, 4) is 0 Å². The molecule has 2 N–H and O–H groups in total. The first-order valence-corrected chi connectivity index (χ1v) is 5.59. The molecule has 9 heteroatoms. The summed E-state index contributed by atoms with van der Waals surface area (Å²) in [5.41, 5.74) is -0.362. The average molecular weight is 278 g/mol. The Labute approximate surface area is 112 Å². The summed E-state index contributed by atoms with van der Waals surface area (Å²) in [6.45, 7) is 0.422.